The van der Waals surface area contributed by atoms with Crippen LogP contribution in [-0.4, -0.2) is 59.9 Å². The maximum atomic E-state index is 12.8. The molecule has 156 valence electrons. The third kappa shape index (κ3) is 5.73. The van der Waals surface area contributed by atoms with Crippen LogP contribution in [0.3, 0.4) is 0 Å². The molecule has 0 saturated carbocycles. The Kier molecular flexibility index (Phi) is 7.50. The van der Waals surface area contributed by atoms with Crippen LogP contribution in [0.25, 0.3) is 0 Å². The number of amides is 2. The number of pyridine rings is 1. The van der Waals surface area contributed by atoms with Gasteiger partial charge in [-0.15, -0.1) is 0 Å². The van der Waals surface area contributed by atoms with Crippen LogP contribution in [-0.2, 0) is 19.6 Å². The molecule has 0 aliphatic carbocycles. The van der Waals surface area contributed by atoms with Gasteiger partial charge < -0.3 is 16.2 Å². The Balaban J connectivity index is 2.04. The zero-order valence-electron chi connectivity index (χ0n) is 16.1. The fourth-order valence-corrected chi connectivity index (χ4v) is 4.68. The van der Waals surface area contributed by atoms with Gasteiger partial charge in [0.25, 0.3) is 10.0 Å². The molecule has 0 bridgehead atoms. The number of aromatic nitrogens is 1. The largest absolute Gasteiger partial charge is 0.390 e. The van der Waals surface area contributed by atoms with Crippen molar-refractivity contribution in [1.29, 1.82) is 0 Å². The summed E-state index contributed by atoms with van der Waals surface area (Å²) in [5.74, 6) is -1.26. The molecule has 1 aromatic rings. The number of nitrogens with two attached hydrogens (primary N) is 1. The molecule has 0 spiro atoms. The monoisotopic (exact) mass is 412 g/mol. The Morgan fingerprint density at radius 3 is 2.71 bits per heavy atom. The van der Waals surface area contributed by atoms with Crippen LogP contribution in [0.1, 0.15) is 33.1 Å². The minimum Gasteiger partial charge on any atom is -0.390 e. The number of hydrogen-bond acceptors (Lipinski definition) is 6. The zero-order valence-corrected chi connectivity index (χ0v) is 16.9. The van der Waals surface area contributed by atoms with E-state index in [1.807, 2.05) is 6.92 Å². The van der Waals surface area contributed by atoms with Crippen molar-refractivity contribution in [2.75, 3.05) is 13.1 Å². The van der Waals surface area contributed by atoms with Crippen molar-refractivity contribution in [3.8, 4) is 0 Å². The van der Waals surface area contributed by atoms with Crippen molar-refractivity contribution in [2.45, 2.75) is 50.3 Å². The van der Waals surface area contributed by atoms with E-state index in [0.29, 0.717) is 12.8 Å². The lowest BCUT2D eigenvalue weighted by atomic mass is 9.99. The Labute approximate surface area is 165 Å². The smallest absolute Gasteiger partial charge is 0.260 e. The highest BCUT2D eigenvalue weighted by Gasteiger charge is 2.36. The van der Waals surface area contributed by atoms with Crippen molar-refractivity contribution in [3.05, 3.63) is 24.4 Å². The Morgan fingerprint density at radius 2 is 2.11 bits per heavy atom. The van der Waals surface area contributed by atoms with Crippen molar-refractivity contribution in [1.82, 2.24) is 14.6 Å². The van der Waals surface area contributed by atoms with Crippen LogP contribution in [0, 0.1) is 11.8 Å². The summed E-state index contributed by atoms with van der Waals surface area (Å²) in [6, 6.07) is 4.06. The molecule has 9 nitrogen and oxygen atoms in total. The number of aliphatic hydroxyl groups is 1. The topological polar surface area (TPSA) is 143 Å². The molecule has 28 heavy (non-hydrogen) atoms. The lowest BCUT2D eigenvalue weighted by Crippen LogP contribution is -2.47. The molecule has 4 N–H and O–H groups in total. The number of β-amino-alcohol motifs (C(OH)–C–C–N with tert-alkyl or cyclic N) is 1. The average Bonchev–Trinajstić information content (AvgIpc) is 2.79. The maximum Gasteiger partial charge on any atom is 0.260 e. The van der Waals surface area contributed by atoms with Gasteiger partial charge in [-0.2, -0.15) is 4.31 Å². The fourth-order valence-electron chi connectivity index (χ4n) is 3.18. The number of primary amides is 1. The van der Waals surface area contributed by atoms with Crippen LogP contribution >= 0.6 is 0 Å². The van der Waals surface area contributed by atoms with Crippen LogP contribution in [0.15, 0.2) is 29.4 Å². The standard InChI is InChI=1S/C18H28N4O5S/c1-12-9-14(21-16(24)7-6-13(2)18(19)25)15(23)11-22(10-12)28(26,27)17-5-3-4-8-20-17/h3-5,8,12-15,23H,6-7,9-11H2,1-2H3,(H2,19,25)(H,21,24)/t12?,13?,14?,15-/m0/s1. The molecular weight excluding hydrogens is 384 g/mol. The predicted molar refractivity (Wildman–Crippen MR) is 102 cm³/mol. The van der Waals surface area contributed by atoms with E-state index in [1.54, 1.807) is 19.1 Å². The van der Waals surface area contributed by atoms with E-state index in [4.69, 9.17) is 5.73 Å². The molecule has 1 fully saturated rings. The van der Waals surface area contributed by atoms with Gasteiger partial charge in [0.05, 0.1) is 12.1 Å². The van der Waals surface area contributed by atoms with E-state index < -0.39 is 34.0 Å². The first-order valence-corrected chi connectivity index (χ1v) is 10.7. The van der Waals surface area contributed by atoms with Crippen LogP contribution in [0.5, 0.6) is 0 Å². The molecule has 2 heterocycles. The first-order chi connectivity index (χ1) is 13.1. The third-order valence-corrected chi connectivity index (χ3v) is 6.65. The molecule has 2 rings (SSSR count). The minimum atomic E-state index is -3.84. The van der Waals surface area contributed by atoms with E-state index in [9.17, 15) is 23.1 Å². The second kappa shape index (κ2) is 9.44. The highest BCUT2D eigenvalue weighted by Crippen LogP contribution is 2.23. The Hall–Kier alpha value is -2.04. The quantitative estimate of drug-likeness (QED) is 0.569. The summed E-state index contributed by atoms with van der Waals surface area (Å²) in [5, 5.41) is 13.2. The van der Waals surface area contributed by atoms with E-state index in [2.05, 4.69) is 10.3 Å². The molecule has 3 unspecified atom stereocenters. The molecule has 2 amide bonds. The highest BCUT2D eigenvalue weighted by molar-refractivity contribution is 7.89. The van der Waals surface area contributed by atoms with Gasteiger partial charge in [-0.05, 0) is 30.9 Å². The van der Waals surface area contributed by atoms with Gasteiger partial charge >= 0.3 is 0 Å². The molecule has 10 heteroatoms. The van der Waals surface area contributed by atoms with Crippen LogP contribution in [0.2, 0.25) is 0 Å². The van der Waals surface area contributed by atoms with E-state index >= 15 is 0 Å². The lowest BCUT2D eigenvalue weighted by molar-refractivity contribution is -0.124. The fraction of sp³-hybridized carbons (Fsp3) is 0.611. The minimum absolute atomic E-state index is 0.0719. The molecule has 0 aromatic carbocycles. The lowest BCUT2D eigenvalue weighted by Gasteiger charge is -2.25. The van der Waals surface area contributed by atoms with Gasteiger partial charge in [0, 0.05) is 31.6 Å². The summed E-state index contributed by atoms with van der Waals surface area (Å²) in [4.78, 5) is 27.2. The maximum absolute atomic E-state index is 12.8. The number of aliphatic hydroxyl groups excluding tert-OH is 1. The van der Waals surface area contributed by atoms with Gasteiger partial charge in [0.15, 0.2) is 5.03 Å². The van der Waals surface area contributed by atoms with E-state index in [1.165, 1.54) is 16.6 Å². The van der Waals surface area contributed by atoms with Crippen molar-refractivity contribution >= 4 is 21.8 Å². The van der Waals surface area contributed by atoms with Gasteiger partial charge in [-0.25, -0.2) is 13.4 Å². The first-order valence-electron chi connectivity index (χ1n) is 9.29. The van der Waals surface area contributed by atoms with Crippen molar-refractivity contribution < 1.29 is 23.1 Å². The van der Waals surface area contributed by atoms with Gasteiger partial charge in [-0.1, -0.05) is 19.9 Å². The number of nitrogens with one attached hydrogen (secondary N) is 1. The molecular formula is C18H28N4O5S. The molecule has 4 atom stereocenters. The number of sulfonamides is 1. The second-order valence-corrected chi connectivity index (χ2v) is 9.30. The van der Waals surface area contributed by atoms with Crippen molar-refractivity contribution in [3.63, 3.8) is 0 Å². The summed E-state index contributed by atoms with van der Waals surface area (Å²) in [6.07, 6.45) is 1.21. The number of hydrogen-bond donors (Lipinski definition) is 3. The number of nitrogens with zero attached hydrogens (tertiary/aromatic N) is 2. The second-order valence-electron chi connectivity index (χ2n) is 7.41. The normalized spacial score (nSPS) is 24.9. The first kappa shape index (κ1) is 22.3. The summed E-state index contributed by atoms with van der Waals surface area (Å²) in [6.45, 7) is 3.61. The SMILES string of the molecule is CC1CC(NC(=O)CCC(C)C(N)=O)[C@@H](O)CN(S(=O)(=O)c2ccccn2)C1. The number of rotatable bonds is 7. The molecule has 0 radical (unpaired) electrons. The molecule has 1 aliphatic rings. The van der Waals surface area contributed by atoms with Crippen LogP contribution < -0.4 is 11.1 Å². The van der Waals surface area contributed by atoms with Crippen LogP contribution in [0.4, 0.5) is 0 Å². The van der Waals surface area contributed by atoms with Gasteiger partial charge in [-0.3, -0.25) is 9.59 Å². The average molecular weight is 413 g/mol. The predicted octanol–water partition coefficient (Wildman–Crippen LogP) is -0.141. The summed E-state index contributed by atoms with van der Waals surface area (Å²) >= 11 is 0. The highest BCUT2D eigenvalue weighted by atomic mass is 32.2. The molecule has 1 saturated heterocycles. The summed E-state index contributed by atoms with van der Waals surface area (Å²) < 4.78 is 26.9. The third-order valence-electron chi connectivity index (χ3n) is 4.91. The van der Waals surface area contributed by atoms with E-state index in [0.717, 1.165) is 0 Å². The Morgan fingerprint density at radius 1 is 1.39 bits per heavy atom. The summed E-state index contributed by atoms with van der Waals surface area (Å²) in [7, 11) is -3.84. The van der Waals surface area contributed by atoms with Gasteiger partial charge in [0.2, 0.25) is 11.8 Å². The molecule has 1 aromatic heterocycles. The zero-order chi connectivity index (χ0) is 20.9. The van der Waals surface area contributed by atoms with Gasteiger partial charge in [0.1, 0.15) is 0 Å². The summed E-state index contributed by atoms with van der Waals surface area (Å²) in [5.41, 5.74) is 5.19. The molecule has 1 aliphatic heterocycles. The number of carbonyl (C=O) groups is 2. The number of carbonyl (C=O) groups excluding carboxylic acids is 2. The van der Waals surface area contributed by atoms with E-state index in [-0.39, 0.29) is 36.4 Å². The Bertz CT molecular complexity index is 786. The van der Waals surface area contributed by atoms with Crippen molar-refractivity contribution in [2.24, 2.45) is 17.6 Å².